The molecule has 0 saturated carbocycles. The van der Waals surface area contributed by atoms with Gasteiger partial charge in [0.1, 0.15) is 6.34 Å². The molecule has 2 rings (SSSR count). The fourth-order valence-electron chi connectivity index (χ4n) is 1.02. The topological polar surface area (TPSA) is 27.6 Å². The summed E-state index contributed by atoms with van der Waals surface area (Å²) in [6, 6.07) is 9.99. The van der Waals surface area contributed by atoms with Gasteiger partial charge in [-0.1, -0.05) is 18.2 Å². The monoisotopic (exact) mass is 159 g/mol. The average molecular weight is 159 g/mol. The molecule has 0 unspecified atom stereocenters. The van der Waals surface area contributed by atoms with Gasteiger partial charge in [-0.05, 0) is 12.1 Å². The Hall–Kier alpha value is -1.77. The number of aliphatic imine (C=N–C) groups is 1. The van der Waals surface area contributed by atoms with Gasteiger partial charge in [-0.2, -0.15) is 0 Å². The van der Waals surface area contributed by atoms with E-state index in [1.54, 1.807) is 18.7 Å². The molecule has 1 N–H and O–H groups in total. The Balaban J connectivity index is 2.21. The molecule has 0 atom stereocenters. The molecule has 1 aliphatic rings. The van der Waals surface area contributed by atoms with Crippen molar-refractivity contribution < 1.29 is 0 Å². The lowest BCUT2D eigenvalue weighted by Gasteiger charge is -2.20. The Kier molecular flexibility index (Phi) is 1.78. The molecule has 12 heavy (non-hydrogen) atoms. The maximum absolute atomic E-state index is 3.99. The first-order valence-electron chi connectivity index (χ1n) is 3.75. The normalized spacial score (nSPS) is 14.5. The summed E-state index contributed by atoms with van der Waals surface area (Å²) >= 11 is 0. The molecule has 60 valence electrons. The third-order valence-electron chi connectivity index (χ3n) is 1.59. The Morgan fingerprint density at radius 3 is 2.67 bits per heavy atom. The molecule has 0 saturated heterocycles. The van der Waals surface area contributed by atoms with Crippen molar-refractivity contribution in [2.75, 3.05) is 5.01 Å². The van der Waals surface area contributed by atoms with Gasteiger partial charge in [-0.25, -0.2) is 10.0 Å². The van der Waals surface area contributed by atoms with E-state index in [2.05, 4.69) is 10.4 Å². The zero-order chi connectivity index (χ0) is 8.23. The molecule has 1 aromatic carbocycles. The molecule has 1 heterocycles. The van der Waals surface area contributed by atoms with Gasteiger partial charge in [0.25, 0.3) is 0 Å². The van der Waals surface area contributed by atoms with Crippen LogP contribution in [0.15, 0.2) is 47.7 Å². The first kappa shape index (κ1) is 6.91. The summed E-state index contributed by atoms with van der Waals surface area (Å²) in [4.78, 5) is 3.99. The van der Waals surface area contributed by atoms with Crippen LogP contribution in [-0.2, 0) is 0 Å². The van der Waals surface area contributed by atoms with Gasteiger partial charge < -0.3 is 0 Å². The van der Waals surface area contributed by atoms with Crippen LogP contribution in [0.5, 0.6) is 0 Å². The Labute approximate surface area is 71.0 Å². The summed E-state index contributed by atoms with van der Waals surface area (Å²) in [7, 11) is 0. The van der Waals surface area contributed by atoms with Crippen LogP contribution in [0.1, 0.15) is 0 Å². The maximum Gasteiger partial charge on any atom is 0.115 e. The predicted molar refractivity (Wildman–Crippen MR) is 49.7 cm³/mol. The second kappa shape index (κ2) is 3.09. The molecule has 0 fully saturated rings. The zero-order valence-corrected chi connectivity index (χ0v) is 6.51. The van der Waals surface area contributed by atoms with E-state index in [1.807, 2.05) is 35.3 Å². The van der Waals surface area contributed by atoms with E-state index in [0.717, 1.165) is 5.69 Å². The molecule has 1 aromatic rings. The number of anilines is 1. The fraction of sp³-hybridized carbons (Fsp3) is 0. The summed E-state index contributed by atoms with van der Waals surface area (Å²) in [5.41, 5.74) is 4.11. The first-order valence-corrected chi connectivity index (χ1v) is 3.75. The molecule has 0 aromatic heterocycles. The lowest BCUT2D eigenvalue weighted by molar-refractivity contribution is 0.909. The number of nitrogens with zero attached hydrogens (tertiary/aromatic N) is 2. The first-order chi connectivity index (χ1) is 5.97. The van der Waals surface area contributed by atoms with Gasteiger partial charge in [0.15, 0.2) is 0 Å². The van der Waals surface area contributed by atoms with Crippen LogP contribution in [0.3, 0.4) is 0 Å². The van der Waals surface area contributed by atoms with E-state index >= 15 is 0 Å². The highest BCUT2D eigenvalue weighted by atomic mass is 15.5. The summed E-state index contributed by atoms with van der Waals surface area (Å²) in [5.74, 6) is 0. The highest BCUT2D eigenvalue weighted by Gasteiger charge is 2.00. The number of hydrogen-bond donors (Lipinski definition) is 1. The number of benzene rings is 1. The van der Waals surface area contributed by atoms with Gasteiger partial charge >= 0.3 is 0 Å². The van der Waals surface area contributed by atoms with E-state index in [4.69, 9.17) is 0 Å². The van der Waals surface area contributed by atoms with Crippen LogP contribution >= 0.6 is 0 Å². The highest BCUT2D eigenvalue weighted by molar-refractivity contribution is 5.79. The maximum atomic E-state index is 3.99. The van der Waals surface area contributed by atoms with Gasteiger partial charge in [-0.3, -0.25) is 5.43 Å². The number of para-hydroxylation sites is 1. The second-order valence-corrected chi connectivity index (χ2v) is 2.41. The van der Waals surface area contributed by atoms with Crippen LogP contribution in [0.2, 0.25) is 0 Å². The Morgan fingerprint density at radius 1 is 1.17 bits per heavy atom. The van der Waals surface area contributed by atoms with E-state index in [0.29, 0.717) is 0 Å². The Bertz CT molecular complexity index is 303. The van der Waals surface area contributed by atoms with Crippen LogP contribution < -0.4 is 10.4 Å². The molecule has 3 nitrogen and oxygen atoms in total. The van der Waals surface area contributed by atoms with Crippen molar-refractivity contribution in [3.05, 3.63) is 42.7 Å². The average Bonchev–Trinajstić information content (AvgIpc) is 2.21. The number of hydrazine groups is 1. The predicted octanol–water partition coefficient (Wildman–Crippen LogP) is 1.51. The van der Waals surface area contributed by atoms with Gasteiger partial charge in [0, 0.05) is 12.4 Å². The molecule has 0 bridgehead atoms. The third kappa shape index (κ3) is 1.29. The summed E-state index contributed by atoms with van der Waals surface area (Å²) in [5, 5.41) is 1.85. The fourth-order valence-corrected chi connectivity index (χ4v) is 1.02. The quantitative estimate of drug-likeness (QED) is 0.672. The van der Waals surface area contributed by atoms with Crippen molar-refractivity contribution in [3.8, 4) is 0 Å². The number of hydrogen-bond acceptors (Lipinski definition) is 3. The largest absolute Gasteiger partial charge is 0.299 e. The van der Waals surface area contributed by atoms with Crippen molar-refractivity contribution in [1.29, 1.82) is 0 Å². The van der Waals surface area contributed by atoms with Gasteiger partial charge in [-0.15, -0.1) is 0 Å². The van der Waals surface area contributed by atoms with E-state index in [1.165, 1.54) is 0 Å². The number of nitrogens with one attached hydrogen (secondary N) is 1. The smallest absolute Gasteiger partial charge is 0.115 e. The lowest BCUT2D eigenvalue weighted by atomic mass is 10.3. The van der Waals surface area contributed by atoms with Crippen molar-refractivity contribution >= 4 is 12.0 Å². The molecular weight excluding hydrogens is 150 g/mol. The second-order valence-electron chi connectivity index (χ2n) is 2.41. The van der Waals surface area contributed by atoms with E-state index in [-0.39, 0.29) is 0 Å². The minimum Gasteiger partial charge on any atom is -0.299 e. The lowest BCUT2D eigenvalue weighted by Crippen LogP contribution is -2.34. The molecule has 0 amide bonds. The SMILES string of the molecule is C1=CNN(c2ccccc2)C=N1. The third-order valence-corrected chi connectivity index (χ3v) is 1.59. The standard InChI is InChI=1S/C9H9N3/c1-2-4-9(5-3-1)12-8-10-6-7-11-12/h1-8,11H. The van der Waals surface area contributed by atoms with Gasteiger partial charge in [0.05, 0.1) is 5.69 Å². The molecule has 0 aliphatic carbocycles. The van der Waals surface area contributed by atoms with Crippen LogP contribution in [0.25, 0.3) is 0 Å². The Morgan fingerprint density at radius 2 is 2.00 bits per heavy atom. The highest BCUT2D eigenvalue weighted by Crippen LogP contribution is 2.09. The zero-order valence-electron chi connectivity index (χ0n) is 6.51. The van der Waals surface area contributed by atoms with Crippen LogP contribution in [0.4, 0.5) is 5.69 Å². The van der Waals surface area contributed by atoms with Crippen molar-refractivity contribution in [2.45, 2.75) is 0 Å². The van der Waals surface area contributed by atoms with Gasteiger partial charge in [0.2, 0.25) is 0 Å². The van der Waals surface area contributed by atoms with Crippen LogP contribution in [0, 0.1) is 0 Å². The molecule has 0 radical (unpaired) electrons. The van der Waals surface area contributed by atoms with Crippen molar-refractivity contribution in [2.24, 2.45) is 4.99 Å². The molecule has 0 spiro atoms. The molecular formula is C9H9N3. The van der Waals surface area contributed by atoms with Crippen molar-refractivity contribution in [1.82, 2.24) is 5.43 Å². The summed E-state index contributed by atoms with van der Waals surface area (Å²) in [6.45, 7) is 0. The van der Waals surface area contributed by atoms with E-state index < -0.39 is 0 Å². The number of rotatable bonds is 1. The molecule has 3 heteroatoms. The van der Waals surface area contributed by atoms with Crippen LogP contribution in [-0.4, -0.2) is 6.34 Å². The minimum absolute atomic E-state index is 1.07. The summed E-state index contributed by atoms with van der Waals surface area (Å²) < 4.78 is 0. The molecule has 1 aliphatic heterocycles. The van der Waals surface area contributed by atoms with Crippen molar-refractivity contribution in [3.63, 3.8) is 0 Å². The van der Waals surface area contributed by atoms with E-state index in [9.17, 15) is 0 Å². The minimum atomic E-state index is 1.07. The summed E-state index contributed by atoms with van der Waals surface area (Å²) in [6.07, 6.45) is 5.22.